The van der Waals surface area contributed by atoms with Gasteiger partial charge in [-0.25, -0.2) is 0 Å². The monoisotopic (exact) mass is 313 g/mol. The van der Waals surface area contributed by atoms with Crippen LogP contribution in [0.15, 0.2) is 40.8 Å². The zero-order chi connectivity index (χ0) is 16.3. The minimum absolute atomic E-state index is 0.127. The van der Waals surface area contributed by atoms with Crippen molar-refractivity contribution in [2.45, 2.75) is 32.2 Å². The van der Waals surface area contributed by atoms with E-state index in [9.17, 15) is 18.3 Å². The second kappa shape index (κ2) is 6.54. The first-order chi connectivity index (χ1) is 10.3. The Morgan fingerprint density at radius 3 is 2.55 bits per heavy atom. The van der Waals surface area contributed by atoms with Gasteiger partial charge in [0.05, 0.1) is 17.7 Å². The summed E-state index contributed by atoms with van der Waals surface area (Å²) in [5, 5.41) is 13.1. The second-order valence-electron chi connectivity index (χ2n) is 5.22. The number of alkyl halides is 3. The third-order valence-electron chi connectivity index (χ3n) is 3.40. The van der Waals surface area contributed by atoms with Gasteiger partial charge in [-0.3, -0.25) is 0 Å². The van der Waals surface area contributed by atoms with Crippen molar-refractivity contribution in [3.8, 4) is 0 Å². The molecule has 2 N–H and O–H groups in total. The van der Waals surface area contributed by atoms with Gasteiger partial charge in [-0.2, -0.15) is 13.2 Å². The quantitative estimate of drug-likeness (QED) is 0.877. The summed E-state index contributed by atoms with van der Waals surface area (Å²) < 4.78 is 43.4. The average Bonchev–Trinajstić information content (AvgIpc) is 2.90. The first-order valence-electron chi connectivity index (χ1n) is 6.92. The molecule has 0 saturated heterocycles. The van der Waals surface area contributed by atoms with Crippen LogP contribution >= 0.6 is 0 Å². The maximum absolute atomic E-state index is 12.7. The molecule has 6 heteroatoms. The van der Waals surface area contributed by atoms with Crippen molar-refractivity contribution in [3.63, 3.8) is 0 Å². The molecular weight excluding hydrogens is 295 g/mol. The summed E-state index contributed by atoms with van der Waals surface area (Å²) in [6, 6.07) is 8.23. The largest absolute Gasteiger partial charge is 0.465 e. The third kappa shape index (κ3) is 4.11. The molecule has 0 saturated carbocycles. The van der Waals surface area contributed by atoms with E-state index in [0.29, 0.717) is 5.76 Å². The van der Waals surface area contributed by atoms with Crippen LogP contribution in [0.25, 0.3) is 0 Å². The predicted molar refractivity (Wildman–Crippen MR) is 76.3 cm³/mol. The zero-order valence-corrected chi connectivity index (χ0v) is 12.3. The van der Waals surface area contributed by atoms with Crippen LogP contribution in [0.5, 0.6) is 0 Å². The van der Waals surface area contributed by atoms with Crippen molar-refractivity contribution in [1.82, 2.24) is 5.32 Å². The highest BCUT2D eigenvalue weighted by atomic mass is 19.4. The van der Waals surface area contributed by atoms with E-state index in [1.165, 1.54) is 12.1 Å². The Hall–Kier alpha value is -1.79. The van der Waals surface area contributed by atoms with Gasteiger partial charge in [0, 0.05) is 6.54 Å². The molecule has 0 spiro atoms. The summed E-state index contributed by atoms with van der Waals surface area (Å²) in [5.41, 5.74) is -0.538. The van der Waals surface area contributed by atoms with Crippen molar-refractivity contribution < 1.29 is 22.7 Å². The lowest BCUT2D eigenvalue weighted by atomic mass is 10.1. The molecule has 0 radical (unpaired) electrons. The third-order valence-corrected chi connectivity index (χ3v) is 3.40. The summed E-state index contributed by atoms with van der Waals surface area (Å²) in [6.07, 6.45) is -5.44. The Kier molecular flexibility index (Phi) is 4.93. The Labute approximate surface area is 126 Å². The van der Waals surface area contributed by atoms with Crippen molar-refractivity contribution in [2.24, 2.45) is 0 Å². The Morgan fingerprint density at radius 2 is 1.95 bits per heavy atom. The maximum atomic E-state index is 12.7. The van der Waals surface area contributed by atoms with Gasteiger partial charge in [-0.1, -0.05) is 12.1 Å². The summed E-state index contributed by atoms with van der Waals surface area (Å²) >= 11 is 0. The highest BCUT2D eigenvalue weighted by molar-refractivity contribution is 5.27. The Morgan fingerprint density at radius 1 is 1.23 bits per heavy atom. The number of aliphatic hydroxyl groups is 1. The van der Waals surface area contributed by atoms with Gasteiger partial charge >= 0.3 is 6.18 Å². The molecule has 0 aliphatic rings. The molecule has 0 amide bonds. The van der Waals surface area contributed by atoms with E-state index in [4.69, 9.17) is 4.42 Å². The highest BCUT2D eigenvalue weighted by Gasteiger charge is 2.30. The molecule has 0 bridgehead atoms. The van der Waals surface area contributed by atoms with E-state index >= 15 is 0 Å². The molecule has 0 aliphatic heterocycles. The van der Waals surface area contributed by atoms with Crippen molar-refractivity contribution in [2.75, 3.05) is 6.54 Å². The molecule has 0 aliphatic carbocycles. The number of benzene rings is 1. The standard InChI is InChI=1S/C16H18F3NO2/c1-10-6-7-15(22-10)11(2)20-9-14(21)12-4-3-5-13(8-12)16(17,18)19/h3-8,11,14,20-21H,9H2,1-2H3. The molecular formula is C16H18F3NO2. The maximum Gasteiger partial charge on any atom is 0.416 e. The molecule has 1 heterocycles. The van der Waals surface area contributed by atoms with Crippen molar-refractivity contribution in [3.05, 3.63) is 59.0 Å². The van der Waals surface area contributed by atoms with E-state index in [2.05, 4.69) is 5.32 Å². The lowest BCUT2D eigenvalue weighted by molar-refractivity contribution is -0.137. The smallest absolute Gasteiger partial charge is 0.416 e. The molecule has 1 aromatic heterocycles. The fraction of sp³-hybridized carbons (Fsp3) is 0.375. The van der Waals surface area contributed by atoms with Crippen LogP contribution in [0.4, 0.5) is 13.2 Å². The molecule has 120 valence electrons. The van der Waals surface area contributed by atoms with E-state index in [0.717, 1.165) is 17.9 Å². The van der Waals surface area contributed by atoms with Gasteiger partial charge < -0.3 is 14.8 Å². The van der Waals surface area contributed by atoms with Gasteiger partial charge in [-0.15, -0.1) is 0 Å². The molecule has 2 aromatic rings. The van der Waals surface area contributed by atoms with Gasteiger partial charge in [0.15, 0.2) is 0 Å². The number of hydrogen-bond acceptors (Lipinski definition) is 3. The number of halogens is 3. The summed E-state index contributed by atoms with van der Waals surface area (Å²) in [6.45, 7) is 3.81. The summed E-state index contributed by atoms with van der Waals surface area (Å²) in [7, 11) is 0. The highest BCUT2D eigenvalue weighted by Crippen LogP contribution is 2.30. The SMILES string of the molecule is Cc1ccc(C(C)NCC(O)c2cccc(C(F)(F)F)c2)o1. The van der Waals surface area contributed by atoms with Crippen LogP contribution in [0.3, 0.4) is 0 Å². The number of furan rings is 1. The minimum atomic E-state index is -4.41. The van der Waals surface area contributed by atoms with Crippen LogP contribution in [0, 0.1) is 6.92 Å². The van der Waals surface area contributed by atoms with Gasteiger partial charge in [-0.05, 0) is 43.7 Å². The van der Waals surface area contributed by atoms with E-state index in [-0.39, 0.29) is 18.2 Å². The zero-order valence-electron chi connectivity index (χ0n) is 12.3. The normalized spacial score (nSPS) is 14.8. The van der Waals surface area contributed by atoms with Gasteiger partial charge in [0.1, 0.15) is 11.5 Å². The minimum Gasteiger partial charge on any atom is -0.465 e. The van der Waals surface area contributed by atoms with Crippen LogP contribution in [0.2, 0.25) is 0 Å². The topological polar surface area (TPSA) is 45.4 Å². The number of rotatable bonds is 5. The lowest BCUT2D eigenvalue weighted by Gasteiger charge is -2.17. The molecule has 2 rings (SSSR count). The lowest BCUT2D eigenvalue weighted by Crippen LogP contribution is -2.24. The van der Waals surface area contributed by atoms with Crippen LogP contribution < -0.4 is 5.32 Å². The van der Waals surface area contributed by atoms with Crippen molar-refractivity contribution in [1.29, 1.82) is 0 Å². The number of hydrogen-bond donors (Lipinski definition) is 2. The average molecular weight is 313 g/mol. The van der Waals surface area contributed by atoms with E-state index in [1.54, 1.807) is 0 Å². The Bertz CT molecular complexity index is 622. The fourth-order valence-corrected chi connectivity index (χ4v) is 2.12. The van der Waals surface area contributed by atoms with Crippen LogP contribution in [-0.2, 0) is 6.18 Å². The predicted octanol–water partition coefficient (Wildman–Crippen LogP) is 3.99. The summed E-state index contributed by atoms with van der Waals surface area (Å²) in [4.78, 5) is 0. The molecule has 1 aromatic carbocycles. The van der Waals surface area contributed by atoms with Gasteiger partial charge in [0.25, 0.3) is 0 Å². The fourth-order valence-electron chi connectivity index (χ4n) is 2.12. The van der Waals surface area contributed by atoms with Crippen molar-refractivity contribution >= 4 is 0 Å². The number of nitrogens with one attached hydrogen (secondary N) is 1. The molecule has 0 fully saturated rings. The van der Waals surface area contributed by atoms with Gasteiger partial charge in [0.2, 0.25) is 0 Å². The van der Waals surface area contributed by atoms with Crippen LogP contribution in [-0.4, -0.2) is 11.7 Å². The first-order valence-corrected chi connectivity index (χ1v) is 6.92. The first kappa shape index (κ1) is 16.6. The van der Waals surface area contributed by atoms with E-state index in [1.807, 2.05) is 26.0 Å². The summed E-state index contributed by atoms with van der Waals surface area (Å²) in [5.74, 6) is 1.50. The molecule has 22 heavy (non-hydrogen) atoms. The molecule has 2 unspecified atom stereocenters. The molecule has 2 atom stereocenters. The molecule has 3 nitrogen and oxygen atoms in total. The number of aryl methyl sites for hydroxylation is 1. The Balaban J connectivity index is 1.99. The van der Waals surface area contributed by atoms with E-state index < -0.39 is 17.8 Å². The number of aliphatic hydroxyl groups excluding tert-OH is 1. The second-order valence-corrected chi connectivity index (χ2v) is 5.22. The van der Waals surface area contributed by atoms with Crippen LogP contribution in [0.1, 0.15) is 41.7 Å².